The quantitative estimate of drug-likeness (QED) is 0.646. The van der Waals surface area contributed by atoms with Crippen molar-refractivity contribution in [3.8, 4) is 0 Å². The van der Waals surface area contributed by atoms with Gasteiger partial charge >= 0.3 is 0 Å². The first-order chi connectivity index (χ1) is 12.0. The maximum Gasteiger partial charge on any atom is 0.221 e. The van der Waals surface area contributed by atoms with E-state index in [-0.39, 0.29) is 11.3 Å². The minimum absolute atomic E-state index is 0.0582. The molecule has 1 amide bonds. The van der Waals surface area contributed by atoms with Crippen LogP contribution in [0.5, 0.6) is 0 Å². The van der Waals surface area contributed by atoms with Crippen molar-refractivity contribution in [2.45, 2.75) is 26.2 Å². The van der Waals surface area contributed by atoms with E-state index in [1.807, 2.05) is 18.2 Å². The lowest BCUT2D eigenvalue weighted by Gasteiger charge is -2.32. The molecule has 126 valence electrons. The largest absolute Gasteiger partial charge is 0.326 e. The SMILES string of the molecule is CC(=O)Nc1ccc(C(C)(c2ccccc2)c2ccc(C)cc2)cc1. The highest BCUT2D eigenvalue weighted by molar-refractivity contribution is 5.88. The predicted molar refractivity (Wildman–Crippen MR) is 104 cm³/mol. The molecule has 0 fully saturated rings. The number of carbonyl (C=O) groups excluding carboxylic acids is 1. The maximum absolute atomic E-state index is 11.3. The van der Waals surface area contributed by atoms with E-state index in [9.17, 15) is 4.79 Å². The smallest absolute Gasteiger partial charge is 0.221 e. The highest BCUT2D eigenvalue weighted by Crippen LogP contribution is 2.39. The topological polar surface area (TPSA) is 29.1 Å². The summed E-state index contributed by atoms with van der Waals surface area (Å²) in [5.41, 5.74) is 5.49. The fourth-order valence-corrected chi connectivity index (χ4v) is 3.25. The minimum atomic E-state index is -0.260. The summed E-state index contributed by atoms with van der Waals surface area (Å²) < 4.78 is 0. The summed E-state index contributed by atoms with van der Waals surface area (Å²) in [4.78, 5) is 11.3. The van der Waals surface area contributed by atoms with Crippen LogP contribution in [0.15, 0.2) is 78.9 Å². The highest BCUT2D eigenvalue weighted by atomic mass is 16.1. The van der Waals surface area contributed by atoms with Crippen LogP contribution in [-0.2, 0) is 10.2 Å². The zero-order valence-corrected chi connectivity index (χ0v) is 14.9. The molecule has 3 aromatic rings. The summed E-state index contributed by atoms with van der Waals surface area (Å²) in [5.74, 6) is -0.0582. The van der Waals surface area contributed by atoms with Crippen molar-refractivity contribution in [1.29, 1.82) is 0 Å². The minimum Gasteiger partial charge on any atom is -0.326 e. The van der Waals surface area contributed by atoms with Gasteiger partial charge in [0.05, 0.1) is 0 Å². The molecular weight excluding hydrogens is 306 g/mol. The molecule has 2 nitrogen and oxygen atoms in total. The van der Waals surface area contributed by atoms with Crippen molar-refractivity contribution in [3.63, 3.8) is 0 Å². The molecule has 3 rings (SSSR count). The Bertz CT molecular complexity index is 851. The van der Waals surface area contributed by atoms with Gasteiger partial charge < -0.3 is 5.32 Å². The number of carbonyl (C=O) groups is 1. The van der Waals surface area contributed by atoms with E-state index in [2.05, 4.69) is 79.8 Å². The van der Waals surface area contributed by atoms with E-state index in [0.29, 0.717) is 0 Å². The van der Waals surface area contributed by atoms with Crippen LogP contribution in [0.4, 0.5) is 5.69 Å². The molecule has 0 spiro atoms. The Morgan fingerprint density at radius 3 is 1.76 bits per heavy atom. The van der Waals surface area contributed by atoms with Gasteiger partial charge in [-0.05, 0) is 42.7 Å². The van der Waals surface area contributed by atoms with E-state index in [4.69, 9.17) is 0 Å². The highest BCUT2D eigenvalue weighted by Gasteiger charge is 2.30. The summed E-state index contributed by atoms with van der Waals surface area (Å²) in [6, 6.07) is 27.4. The van der Waals surface area contributed by atoms with Gasteiger partial charge in [0, 0.05) is 18.0 Å². The van der Waals surface area contributed by atoms with Crippen molar-refractivity contribution in [2.75, 3.05) is 5.32 Å². The predicted octanol–water partition coefficient (Wildman–Crippen LogP) is 5.31. The molecule has 0 heterocycles. The lowest BCUT2D eigenvalue weighted by Crippen LogP contribution is -2.25. The third-order valence-corrected chi connectivity index (χ3v) is 4.76. The molecule has 0 aliphatic heterocycles. The lowest BCUT2D eigenvalue weighted by molar-refractivity contribution is -0.114. The van der Waals surface area contributed by atoms with E-state index in [1.165, 1.54) is 29.2 Å². The Kier molecular flexibility index (Phi) is 4.71. The normalized spacial score (nSPS) is 13.1. The molecule has 0 aliphatic rings. The third kappa shape index (κ3) is 3.48. The van der Waals surface area contributed by atoms with Gasteiger partial charge in [-0.2, -0.15) is 0 Å². The summed E-state index contributed by atoms with van der Waals surface area (Å²) >= 11 is 0. The van der Waals surface area contributed by atoms with Crippen LogP contribution in [0, 0.1) is 6.92 Å². The standard InChI is InChI=1S/C23H23NO/c1-17-9-11-20(12-10-17)23(3,19-7-5-4-6-8-19)21-13-15-22(16-14-21)24-18(2)25/h4-16H,1-3H3,(H,24,25). The summed E-state index contributed by atoms with van der Waals surface area (Å²) in [5, 5.41) is 2.83. The van der Waals surface area contributed by atoms with Crippen molar-refractivity contribution >= 4 is 11.6 Å². The Morgan fingerprint density at radius 2 is 1.24 bits per heavy atom. The second kappa shape index (κ2) is 6.94. The number of rotatable bonds is 4. The van der Waals surface area contributed by atoms with Crippen molar-refractivity contribution < 1.29 is 4.79 Å². The molecule has 1 unspecified atom stereocenters. The van der Waals surface area contributed by atoms with Crippen LogP contribution in [0.2, 0.25) is 0 Å². The first-order valence-electron chi connectivity index (χ1n) is 8.51. The molecule has 0 saturated heterocycles. The molecule has 0 radical (unpaired) electrons. The molecule has 0 saturated carbocycles. The van der Waals surface area contributed by atoms with E-state index < -0.39 is 0 Å². The van der Waals surface area contributed by atoms with Crippen LogP contribution in [0.25, 0.3) is 0 Å². The van der Waals surface area contributed by atoms with E-state index in [1.54, 1.807) is 0 Å². The summed E-state index contributed by atoms with van der Waals surface area (Å²) in [6.07, 6.45) is 0. The lowest BCUT2D eigenvalue weighted by atomic mass is 9.71. The number of anilines is 1. The van der Waals surface area contributed by atoms with Gasteiger partial charge in [0.25, 0.3) is 0 Å². The average molecular weight is 329 g/mol. The van der Waals surface area contributed by atoms with Crippen LogP contribution in [0.1, 0.15) is 36.1 Å². The van der Waals surface area contributed by atoms with Gasteiger partial charge in [0.1, 0.15) is 0 Å². The molecule has 2 heteroatoms. The van der Waals surface area contributed by atoms with Gasteiger partial charge in [-0.15, -0.1) is 0 Å². The Balaban J connectivity index is 2.11. The summed E-state index contributed by atoms with van der Waals surface area (Å²) in [7, 11) is 0. The first kappa shape index (κ1) is 17.0. The van der Waals surface area contributed by atoms with Gasteiger partial charge in [0.15, 0.2) is 0 Å². The fourth-order valence-electron chi connectivity index (χ4n) is 3.25. The molecule has 0 bridgehead atoms. The Labute approximate surface area is 149 Å². The van der Waals surface area contributed by atoms with E-state index in [0.717, 1.165) is 5.69 Å². The molecule has 0 aliphatic carbocycles. The third-order valence-electron chi connectivity index (χ3n) is 4.76. The fraction of sp³-hybridized carbons (Fsp3) is 0.174. The zero-order chi connectivity index (χ0) is 17.9. The van der Waals surface area contributed by atoms with Crippen LogP contribution in [0.3, 0.4) is 0 Å². The molecule has 1 atom stereocenters. The average Bonchev–Trinajstić information content (AvgIpc) is 2.62. The molecule has 1 N–H and O–H groups in total. The monoisotopic (exact) mass is 329 g/mol. The summed E-state index contributed by atoms with van der Waals surface area (Å²) in [6.45, 7) is 5.88. The number of nitrogens with one attached hydrogen (secondary N) is 1. The number of amides is 1. The first-order valence-corrected chi connectivity index (χ1v) is 8.51. The van der Waals surface area contributed by atoms with E-state index >= 15 is 0 Å². The van der Waals surface area contributed by atoms with Crippen molar-refractivity contribution in [2.24, 2.45) is 0 Å². The molecule has 0 aromatic heterocycles. The second-order valence-electron chi connectivity index (χ2n) is 6.62. The molecule has 3 aromatic carbocycles. The number of hydrogen-bond acceptors (Lipinski definition) is 1. The Hall–Kier alpha value is -2.87. The maximum atomic E-state index is 11.3. The van der Waals surface area contributed by atoms with Gasteiger partial charge in [0.2, 0.25) is 5.91 Å². The van der Waals surface area contributed by atoms with Gasteiger partial charge in [-0.25, -0.2) is 0 Å². The number of hydrogen-bond donors (Lipinski definition) is 1. The van der Waals surface area contributed by atoms with Crippen LogP contribution < -0.4 is 5.32 Å². The van der Waals surface area contributed by atoms with Gasteiger partial charge in [-0.3, -0.25) is 4.79 Å². The van der Waals surface area contributed by atoms with Crippen LogP contribution in [-0.4, -0.2) is 5.91 Å². The molecule has 25 heavy (non-hydrogen) atoms. The number of aryl methyl sites for hydroxylation is 1. The zero-order valence-electron chi connectivity index (χ0n) is 14.9. The van der Waals surface area contributed by atoms with Gasteiger partial charge in [-0.1, -0.05) is 72.3 Å². The molecular formula is C23H23NO. The van der Waals surface area contributed by atoms with Crippen molar-refractivity contribution in [1.82, 2.24) is 0 Å². The number of benzene rings is 3. The van der Waals surface area contributed by atoms with Crippen molar-refractivity contribution in [3.05, 3.63) is 101 Å². The second-order valence-corrected chi connectivity index (χ2v) is 6.62. The Morgan fingerprint density at radius 1 is 0.760 bits per heavy atom. The van der Waals surface area contributed by atoms with Crippen LogP contribution >= 0.6 is 0 Å².